The van der Waals surface area contributed by atoms with E-state index in [2.05, 4.69) is 15.9 Å². The fraction of sp³-hybridized carbons (Fsp3) is 0.333. The lowest BCUT2D eigenvalue weighted by molar-refractivity contribution is 0.627. The Bertz CT molecular complexity index is 213. The van der Waals surface area contributed by atoms with Crippen LogP contribution in [0, 0.1) is 5.82 Å². The van der Waals surface area contributed by atoms with Gasteiger partial charge in [0.05, 0.1) is 0 Å². The van der Waals surface area contributed by atoms with Crippen molar-refractivity contribution in [2.24, 2.45) is 0 Å². The van der Waals surface area contributed by atoms with Gasteiger partial charge in [-0.1, -0.05) is 28.1 Å². The lowest BCUT2D eigenvalue weighted by Crippen LogP contribution is -1.85. The number of alkyl halides is 1. The summed E-state index contributed by atoms with van der Waals surface area (Å²) < 4.78 is 12.4. The van der Waals surface area contributed by atoms with Crippen LogP contribution < -0.4 is 6.15 Å². The summed E-state index contributed by atoms with van der Waals surface area (Å²) in [4.78, 5) is 0. The van der Waals surface area contributed by atoms with Gasteiger partial charge in [-0.15, -0.1) is 17.0 Å². The zero-order chi connectivity index (χ0) is 8.10. The molecule has 0 radical (unpaired) electrons. The van der Waals surface area contributed by atoms with Crippen molar-refractivity contribution >= 4 is 32.9 Å². The van der Waals surface area contributed by atoms with E-state index in [9.17, 15) is 4.39 Å². The first-order chi connectivity index (χ1) is 5.33. The van der Waals surface area contributed by atoms with E-state index in [1.54, 1.807) is 0 Å². The molecule has 1 aromatic carbocycles. The minimum Gasteiger partial charge on any atom is -0.344 e. The van der Waals surface area contributed by atoms with Crippen molar-refractivity contribution in [2.45, 2.75) is 12.8 Å². The molecule has 0 unspecified atom stereocenters. The fourth-order valence-electron chi connectivity index (χ4n) is 0.922. The molecule has 0 aromatic heterocycles. The molecular weight excluding hydrogens is 301 g/mol. The Morgan fingerprint density at radius 2 is 1.69 bits per heavy atom. The molecule has 0 saturated carbocycles. The SMILES string of the molecule is Br.Fc1ccc(CCCBr)cc1.N. The molecule has 0 aliphatic carbocycles. The van der Waals surface area contributed by atoms with Crippen LogP contribution in [0.15, 0.2) is 24.3 Å². The molecule has 0 aliphatic rings. The zero-order valence-corrected chi connectivity index (χ0v) is 10.6. The summed E-state index contributed by atoms with van der Waals surface area (Å²) in [5.41, 5.74) is 1.20. The average molecular weight is 315 g/mol. The molecule has 0 spiro atoms. The third-order valence-electron chi connectivity index (χ3n) is 1.51. The lowest BCUT2D eigenvalue weighted by atomic mass is 10.1. The van der Waals surface area contributed by atoms with Gasteiger partial charge in [-0.2, -0.15) is 0 Å². The van der Waals surface area contributed by atoms with E-state index in [1.165, 1.54) is 17.7 Å². The van der Waals surface area contributed by atoms with Gasteiger partial charge in [-0.3, -0.25) is 0 Å². The summed E-state index contributed by atoms with van der Waals surface area (Å²) in [6, 6.07) is 6.67. The normalized spacial score (nSPS) is 8.46. The maximum Gasteiger partial charge on any atom is 0.123 e. The van der Waals surface area contributed by atoms with Crippen LogP contribution in [-0.2, 0) is 6.42 Å². The molecule has 1 aromatic rings. The Kier molecular flexibility index (Phi) is 10.3. The summed E-state index contributed by atoms with van der Waals surface area (Å²) in [6.07, 6.45) is 2.12. The predicted molar refractivity (Wildman–Crippen MR) is 63.9 cm³/mol. The van der Waals surface area contributed by atoms with E-state index in [4.69, 9.17) is 0 Å². The number of hydrogen-bond acceptors (Lipinski definition) is 1. The van der Waals surface area contributed by atoms with E-state index in [0.717, 1.165) is 18.2 Å². The fourth-order valence-corrected chi connectivity index (χ4v) is 1.20. The summed E-state index contributed by atoms with van der Waals surface area (Å²) in [7, 11) is 0. The van der Waals surface area contributed by atoms with Crippen molar-refractivity contribution in [2.75, 3.05) is 5.33 Å². The quantitative estimate of drug-likeness (QED) is 0.844. The Balaban J connectivity index is 0. The Morgan fingerprint density at radius 3 is 2.15 bits per heavy atom. The molecule has 3 N–H and O–H groups in total. The second kappa shape index (κ2) is 8.66. The molecule has 1 rings (SSSR count). The maximum absolute atomic E-state index is 12.4. The lowest BCUT2D eigenvalue weighted by Gasteiger charge is -1.97. The van der Waals surface area contributed by atoms with Crippen molar-refractivity contribution < 1.29 is 4.39 Å². The molecule has 4 heteroatoms. The third-order valence-corrected chi connectivity index (χ3v) is 2.07. The second-order valence-corrected chi connectivity index (χ2v) is 3.21. The maximum atomic E-state index is 12.4. The molecule has 0 fully saturated rings. The van der Waals surface area contributed by atoms with Gasteiger partial charge in [-0.25, -0.2) is 4.39 Å². The molecule has 13 heavy (non-hydrogen) atoms. The molecule has 0 aliphatic heterocycles. The first-order valence-electron chi connectivity index (χ1n) is 3.63. The largest absolute Gasteiger partial charge is 0.344 e. The minimum atomic E-state index is -0.160. The van der Waals surface area contributed by atoms with Gasteiger partial charge >= 0.3 is 0 Å². The molecule has 76 valence electrons. The van der Waals surface area contributed by atoms with Crippen molar-refractivity contribution in [1.29, 1.82) is 0 Å². The van der Waals surface area contributed by atoms with Crippen molar-refractivity contribution in [3.05, 3.63) is 35.6 Å². The summed E-state index contributed by atoms with van der Waals surface area (Å²) >= 11 is 3.35. The molecule has 0 bridgehead atoms. The van der Waals surface area contributed by atoms with E-state index >= 15 is 0 Å². The van der Waals surface area contributed by atoms with Crippen molar-refractivity contribution in [3.63, 3.8) is 0 Å². The van der Waals surface area contributed by atoms with E-state index in [-0.39, 0.29) is 28.9 Å². The summed E-state index contributed by atoms with van der Waals surface area (Å²) in [5.74, 6) is -0.160. The highest BCUT2D eigenvalue weighted by Crippen LogP contribution is 2.05. The smallest absolute Gasteiger partial charge is 0.123 e. The van der Waals surface area contributed by atoms with Crippen LogP contribution in [0.1, 0.15) is 12.0 Å². The van der Waals surface area contributed by atoms with Crippen LogP contribution >= 0.6 is 32.9 Å². The summed E-state index contributed by atoms with van der Waals surface area (Å²) in [5, 5.41) is 1.00. The highest BCUT2D eigenvalue weighted by atomic mass is 79.9. The average Bonchev–Trinajstić information content (AvgIpc) is 2.04. The molecular formula is C9H14Br2FN. The molecule has 0 atom stereocenters. The predicted octanol–water partition coefficient (Wildman–Crippen LogP) is 3.89. The van der Waals surface area contributed by atoms with Gasteiger partial charge < -0.3 is 6.15 Å². The van der Waals surface area contributed by atoms with Gasteiger partial charge in [0, 0.05) is 5.33 Å². The topological polar surface area (TPSA) is 35.0 Å². The van der Waals surface area contributed by atoms with E-state index in [1.807, 2.05) is 12.1 Å². The van der Waals surface area contributed by atoms with Gasteiger partial charge in [0.15, 0.2) is 0 Å². The molecule has 0 amide bonds. The number of rotatable bonds is 3. The van der Waals surface area contributed by atoms with Crippen LogP contribution in [0.25, 0.3) is 0 Å². The molecule has 0 saturated heterocycles. The van der Waals surface area contributed by atoms with Crippen LogP contribution in [-0.4, -0.2) is 5.33 Å². The Labute approximate surface area is 97.2 Å². The van der Waals surface area contributed by atoms with Crippen LogP contribution in [0.3, 0.4) is 0 Å². The first-order valence-corrected chi connectivity index (χ1v) is 4.75. The Hall–Kier alpha value is 0.0700. The van der Waals surface area contributed by atoms with Gasteiger partial charge in [0.2, 0.25) is 0 Å². The minimum absolute atomic E-state index is 0. The van der Waals surface area contributed by atoms with E-state index in [0.29, 0.717) is 0 Å². The highest BCUT2D eigenvalue weighted by Gasteiger charge is 1.92. The third kappa shape index (κ3) is 6.18. The van der Waals surface area contributed by atoms with Gasteiger partial charge in [0.25, 0.3) is 0 Å². The molecule has 1 nitrogen and oxygen atoms in total. The number of halogens is 3. The second-order valence-electron chi connectivity index (χ2n) is 2.42. The zero-order valence-electron chi connectivity index (χ0n) is 7.30. The van der Waals surface area contributed by atoms with Gasteiger partial charge in [0.1, 0.15) is 5.82 Å². The van der Waals surface area contributed by atoms with Gasteiger partial charge in [-0.05, 0) is 30.5 Å². The molecule has 0 heterocycles. The van der Waals surface area contributed by atoms with Crippen molar-refractivity contribution in [3.8, 4) is 0 Å². The monoisotopic (exact) mass is 313 g/mol. The summed E-state index contributed by atoms with van der Waals surface area (Å²) in [6.45, 7) is 0. The number of aryl methyl sites for hydroxylation is 1. The van der Waals surface area contributed by atoms with Crippen molar-refractivity contribution in [1.82, 2.24) is 6.15 Å². The number of benzene rings is 1. The van der Waals surface area contributed by atoms with Crippen LogP contribution in [0.5, 0.6) is 0 Å². The van der Waals surface area contributed by atoms with Crippen LogP contribution in [0.2, 0.25) is 0 Å². The standard InChI is InChI=1S/C9H10BrF.BrH.H3N/c10-7-1-2-8-3-5-9(11)6-4-8;;/h3-6H,1-2,7H2;1H;1H3. The Morgan fingerprint density at radius 1 is 1.15 bits per heavy atom. The number of hydrogen-bond donors (Lipinski definition) is 1. The highest BCUT2D eigenvalue weighted by molar-refractivity contribution is 9.09. The van der Waals surface area contributed by atoms with Crippen LogP contribution in [0.4, 0.5) is 4.39 Å². The van der Waals surface area contributed by atoms with E-state index < -0.39 is 0 Å². The first kappa shape index (κ1) is 15.5.